The molecule has 2 saturated heterocycles. The fourth-order valence-corrected chi connectivity index (χ4v) is 4.45. The van der Waals surface area contributed by atoms with Gasteiger partial charge in [-0.25, -0.2) is 4.98 Å². The van der Waals surface area contributed by atoms with E-state index in [9.17, 15) is 0 Å². The van der Waals surface area contributed by atoms with Crippen LogP contribution >= 0.6 is 11.3 Å². The number of nitrogens with one attached hydrogen (secondary N) is 2. The number of aromatic nitrogens is 1. The van der Waals surface area contributed by atoms with Crippen LogP contribution in [0.4, 0.5) is 0 Å². The number of hydrogen-bond acceptors (Lipinski definition) is 6. The van der Waals surface area contributed by atoms with Gasteiger partial charge in [0.15, 0.2) is 5.96 Å². The van der Waals surface area contributed by atoms with Crippen molar-refractivity contribution in [2.45, 2.75) is 32.7 Å². The lowest BCUT2D eigenvalue weighted by molar-refractivity contribution is 0.00368. The Bertz CT molecular complexity index is 582. The molecule has 0 radical (unpaired) electrons. The van der Waals surface area contributed by atoms with Gasteiger partial charge in [0, 0.05) is 62.2 Å². The molecule has 2 N–H and O–H groups in total. The molecule has 2 unspecified atom stereocenters. The van der Waals surface area contributed by atoms with Crippen molar-refractivity contribution in [1.82, 2.24) is 20.5 Å². The number of ether oxygens (including phenoxy) is 2. The molecule has 0 bridgehead atoms. The van der Waals surface area contributed by atoms with Crippen molar-refractivity contribution >= 4 is 17.3 Å². The molecule has 1 aromatic heterocycles. The van der Waals surface area contributed by atoms with E-state index < -0.39 is 0 Å². The molecule has 2 aliphatic rings. The number of morpholine rings is 1. The SMILES string of the molecule is CCNC(=NCC(C1CCOC1)N1CCOCC1)NCCc1ncc(C)s1. The molecule has 2 atom stereocenters. The molecular weight excluding hydrogens is 362 g/mol. The van der Waals surface area contributed by atoms with Gasteiger partial charge in [0.05, 0.1) is 31.4 Å². The Balaban J connectivity index is 1.56. The highest BCUT2D eigenvalue weighted by atomic mass is 32.1. The number of guanidine groups is 1. The number of aryl methyl sites for hydroxylation is 1. The molecule has 2 aliphatic heterocycles. The van der Waals surface area contributed by atoms with Gasteiger partial charge < -0.3 is 20.1 Å². The van der Waals surface area contributed by atoms with Crippen molar-refractivity contribution in [3.63, 3.8) is 0 Å². The highest BCUT2D eigenvalue weighted by Gasteiger charge is 2.31. The van der Waals surface area contributed by atoms with Crippen molar-refractivity contribution in [3.05, 3.63) is 16.1 Å². The largest absolute Gasteiger partial charge is 0.381 e. The summed E-state index contributed by atoms with van der Waals surface area (Å²) < 4.78 is 11.2. The Morgan fingerprint density at radius 3 is 2.85 bits per heavy atom. The van der Waals surface area contributed by atoms with Gasteiger partial charge >= 0.3 is 0 Å². The third-order valence-corrected chi connectivity index (χ3v) is 6.08. The van der Waals surface area contributed by atoms with Crippen molar-refractivity contribution in [2.24, 2.45) is 10.9 Å². The molecule has 3 heterocycles. The highest BCUT2D eigenvalue weighted by molar-refractivity contribution is 7.11. The minimum absolute atomic E-state index is 0.425. The first kappa shape index (κ1) is 20.5. The Hall–Kier alpha value is -1.22. The number of nitrogens with zero attached hydrogens (tertiary/aromatic N) is 3. The third kappa shape index (κ3) is 6.41. The van der Waals surface area contributed by atoms with Crippen molar-refractivity contribution in [2.75, 3.05) is 59.2 Å². The molecule has 0 spiro atoms. The highest BCUT2D eigenvalue weighted by Crippen LogP contribution is 2.22. The lowest BCUT2D eigenvalue weighted by Gasteiger charge is -2.36. The van der Waals surface area contributed by atoms with E-state index >= 15 is 0 Å². The number of rotatable bonds is 8. The fourth-order valence-electron chi connectivity index (χ4n) is 3.66. The van der Waals surface area contributed by atoms with Gasteiger partial charge in [-0.2, -0.15) is 0 Å². The van der Waals surface area contributed by atoms with Crippen molar-refractivity contribution in [3.8, 4) is 0 Å². The molecule has 152 valence electrons. The quantitative estimate of drug-likeness (QED) is 0.511. The Labute approximate surface area is 166 Å². The number of hydrogen-bond donors (Lipinski definition) is 2. The van der Waals surface area contributed by atoms with Crippen LogP contribution < -0.4 is 10.6 Å². The average molecular weight is 396 g/mol. The van der Waals surface area contributed by atoms with E-state index in [4.69, 9.17) is 14.5 Å². The molecule has 3 rings (SSSR count). The zero-order valence-electron chi connectivity index (χ0n) is 16.6. The summed E-state index contributed by atoms with van der Waals surface area (Å²) in [4.78, 5) is 13.1. The van der Waals surface area contributed by atoms with Gasteiger partial charge in [-0.3, -0.25) is 9.89 Å². The second-order valence-corrected chi connectivity index (χ2v) is 8.42. The lowest BCUT2D eigenvalue weighted by Crippen LogP contribution is -2.49. The van der Waals surface area contributed by atoms with Crippen LogP contribution in [0, 0.1) is 12.8 Å². The number of aliphatic imine (C=N–C) groups is 1. The van der Waals surface area contributed by atoms with E-state index in [2.05, 4.69) is 34.4 Å². The van der Waals surface area contributed by atoms with Crippen LogP contribution in [0.15, 0.2) is 11.2 Å². The van der Waals surface area contributed by atoms with Crippen molar-refractivity contribution < 1.29 is 9.47 Å². The fraction of sp³-hybridized carbons (Fsp3) is 0.789. The minimum atomic E-state index is 0.425. The first-order valence-electron chi connectivity index (χ1n) is 10.1. The second kappa shape index (κ2) is 10.9. The lowest BCUT2D eigenvalue weighted by atomic mass is 9.97. The topological polar surface area (TPSA) is 71.0 Å². The van der Waals surface area contributed by atoms with Crippen LogP contribution in [-0.2, 0) is 15.9 Å². The Morgan fingerprint density at radius 1 is 1.33 bits per heavy atom. The average Bonchev–Trinajstić information content (AvgIpc) is 3.35. The predicted molar refractivity (Wildman–Crippen MR) is 110 cm³/mol. The normalized spacial score (nSPS) is 22.7. The maximum absolute atomic E-state index is 5.66. The molecule has 0 saturated carbocycles. The Kier molecular flexibility index (Phi) is 8.32. The van der Waals surface area contributed by atoms with E-state index in [1.807, 2.05) is 6.20 Å². The Morgan fingerprint density at radius 2 is 2.19 bits per heavy atom. The van der Waals surface area contributed by atoms with Gasteiger partial charge in [-0.05, 0) is 20.3 Å². The van der Waals surface area contributed by atoms with Crippen molar-refractivity contribution in [1.29, 1.82) is 0 Å². The van der Waals surface area contributed by atoms with E-state index in [1.165, 1.54) is 9.88 Å². The summed E-state index contributed by atoms with van der Waals surface area (Å²) in [6, 6.07) is 0.425. The first-order valence-corrected chi connectivity index (χ1v) is 10.9. The van der Waals surface area contributed by atoms with E-state index in [0.29, 0.717) is 12.0 Å². The molecule has 8 heteroatoms. The molecule has 0 aromatic carbocycles. The van der Waals surface area contributed by atoms with Crippen LogP contribution in [-0.4, -0.2) is 81.0 Å². The zero-order chi connectivity index (χ0) is 18.9. The van der Waals surface area contributed by atoms with E-state index in [1.54, 1.807) is 11.3 Å². The summed E-state index contributed by atoms with van der Waals surface area (Å²) in [6.45, 7) is 12.0. The standard InChI is InChI=1S/C19H33N5O2S/c1-3-20-19(21-6-4-18-22-12-15(2)27-18)23-13-17(16-5-9-26-14-16)24-7-10-25-11-8-24/h12,16-17H,3-11,13-14H2,1-2H3,(H2,20,21,23). The van der Waals surface area contributed by atoms with Gasteiger partial charge in [-0.15, -0.1) is 11.3 Å². The zero-order valence-corrected chi connectivity index (χ0v) is 17.4. The van der Waals surface area contributed by atoms with Crippen LogP contribution in [0.2, 0.25) is 0 Å². The second-order valence-electron chi connectivity index (χ2n) is 7.10. The first-order chi connectivity index (χ1) is 13.3. The van der Waals surface area contributed by atoms with Gasteiger partial charge in [-0.1, -0.05) is 0 Å². The van der Waals surface area contributed by atoms with Crippen LogP contribution in [0.5, 0.6) is 0 Å². The summed E-state index contributed by atoms with van der Waals surface area (Å²) in [5.74, 6) is 1.45. The summed E-state index contributed by atoms with van der Waals surface area (Å²) >= 11 is 1.76. The van der Waals surface area contributed by atoms with Gasteiger partial charge in [0.1, 0.15) is 0 Å². The molecular formula is C19H33N5O2S. The summed E-state index contributed by atoms with van der Waals surface area (Å²) in [7, 11) is 0. The minimum Gasteiger partial charge on any atom is -0.381 e. The smallest absolute Gasteiger partial charge is 0.191 e. The molecule has 0 aliphatic carbocycles. The van der Waals surface area contributed by atoms with Gasteiger partial charge in [0.2, 0.25) is 0 Å². The molecule has 27 heavy (non-hydrogen) atoms. The van der Waals surface area contributed by atoms with E-state index in [-0.39, 0.29) is 0 Å². The molecule has 2 fully saturated rings. The third-order valence-electron chi connectivity index (χ3n) is 5.10. The summed E-state index contributed by atoms with van der Waals surface area (Å²) in [6.07, 6.45) is 3.99. The van der Waals surface area contributed by atoms with E-state index in [0.717, 1.165) is 78.0 Å². The van der Waals surface area contributed by atoms with Crippen LogP contribution in [0.3, 0.4) is 0 Å². The molecule has 0 amide bonds. The summed E-state index contributed by atoms with van der Waals surface area (Å²) in [5.41, 5.74) is 0. The van der Waals surface area contributed by atoms with Crippen LogP contribution in [0.1, 0.15) is 23.2 Å². The number of thiazole rings is 1. The molecule has 7 nitrogen and oxygen atoms in total. The maximum Gasteiger partial charge on any atom is 0.191 e. The predicted octanol–water partition coefficient (Wildman–Crippen LogP) is 1.29. The maximum atomic E-state index is 5.66. The van der Waals surface area contributed by atoms with Crippen LogP contribution in [0.25, 0.3) is 0 Å². The summed E-state index contributed by atoms with van der Waals surface area (Å²) in [5, 5.41) is 8.00. The van der Waals surface area contributed by atoms with Gasteiger partial charge in [0.25, 0.3) is 0 Å². The molecule has 1 aromatic rings. The monoisotopic (exact) mass is 395 g/mol.